The van der Waals surface area contributed by atoms with E-state index in [2.05, 4.69) is 18.3 Å². The van der Waals surface area contributed by atoms with Gasteiger partial charge in [-0.2, -0.15) is 0 Å². The highest BCUT2D eigenvalue weighted by Gasteiger charge is 2.17. The molecule has 0 amide bonds. The average molecular weight is 324 g/mol. The fourth-order valence-electron chi connectivity index (χ4n) is 2.30. The second kappa shape index (κ2) is 7.69. The first kappa shape index (κ1) is 16.2. The molecule has 0 saturated carbocycles. The van der Waals surface area contributed by atoms with Gasteiger partial charge in [0.2, 0.25) is 0 Å². The van der Waals surface area contributed by atoms with Crippen molar-refractivity contribution >= 4 is 23.2 Å². The van der Waals surface area contributed by atoms with Crippen molar-refractivity contribution in [3.63, 3.8) is 0 Å². The van der Waals surface area contributed by atoms with Crippen LogP contribution in [0.3, 0.4) is 0 Å². The number of rotatable bonds is 6. The van der Waals surface area contributed by atoms with Crippen molar-refractivity contribution in [2.45, 2.75) is 19.9 Å². The molecule has 0 aliphatic carbocycles. The Morgan fingerprint density at radius 2 is 1.90 bits per heavy atom. The maximum atomic E-state index is 6.35. The number of benzene rings is 2. The Balaban J connectivity index is 2.42. The number of hydrogen-bond acceptors (Lipinski definition) is 2. The maximum absolute atomic E-state index is 6.35. The minimum absolute atomic E-state index is 0.0124. The second-order valence-electron chi connectivity index (χ2n) is 4.66. The highest BCUT2D eigenvalue weighted by molar-refractivity contribution is 6.33. The molecule has 0 aromatic heterocycles. The van der Waals surface area contributed by atoms with Crippen LogP contribution in [-0.4, -0.2) is 13.2 Å². The van der Waals surface area contributed by atoms with Gasteiger partial charge in [-0.15, -0.1) is 0 Å². The minimum Gasteiger partial charge on any atom is -0.494 e. The standard InChI is InChI=1S/C17H19Cl2NO/c1-3-20-17(15-11-13(18)8-9-16(15)19)12-6-5-7-14(10-12)21-4-2/h5-11,17,20H,3-4H2,1-2H3. The van der Waals surface area contributed by atoms with Gasteiger partial charge in [0.1, 0.15) is 5.75 Å². The molecular weight excluding hydrogens is 305 g/mol. The highest BCUT2D eigenvalue weighted by Crippen LogP contribution is 2.32. The molecular formula is C17H19Cl2NO. The van der Waals surface area contributed by atoms with Gasteiger partial charge in [-0.1, -0.05) is 42.3 Å². The Bertz CT molecular complexity index is 601. The zero-order valence-electron chi connectivity index (χ0n) is 12.2. The van der Waals surface area contributed by atoms with Crippen molar-refractivity contribution in [3.05, 3.63) is 63.6 Å². The summed E-state index contributed by atoms with van der Waals surface area (Å²) in [6, 6.07) is 13.6. The minimum atomic E-state index is -0.0124. The molecule has 2 aromatic carbocycles. The molecule has 2 rings (SSSR count). The lowest BCUT2D eigenvalue weighted by Gasteiger charge is -2.21. The largest absolute Gasteiger partial charge is 0.494 e. The first-order valence-corrected chi connectivity index (χ1v) is 7.82. The Labute approximate surface area is 136 Å². The van der Waals surface area contributed by atoms with E-state index in [-0.39, 0.29) is 6.04 Å². The van der Waals surface area contributed by atoms with Crippen LogP contribution in [0, 0.1) is 0 Å². The van der Waals surface area contributed by atoms with E-state index in [0.29, 0.717) is 16.7 Å². The number of ether oxygens (including phenoxy) is 1. The van der Waals surface area contributed by atoms with Crippen LogP contribution < -0.4 is 10.1 Å². The predicted octanol–water partition coefficient (Wildman–Crippen LogP) is 5.09. The van der Waals surface area contributed by atoms with E-state index >= 15 is 0 Å². The summed E-state index contributed by atoms with van der Waals surface area (Å²) in [5.41, 5.74) is 2.08. The summed E-state index contributed by atoms with van der Waals surface area (Å²) in [7, 11) is 0. The molecule has 0 bridgehead atoms. The summed E-state index contributed by atoms with van der Waals surface area (Å²) in [6.45, 7) is 5.51. The van der Waals surface area contributed by atoms with Crippen molar-refractivity contribution in [2.75, 3.05) is 13.2 Å². The summed E-state index contributed by atoms with van der Waals surface area (Å²) >= 11 is 12.5. The molecule has 1 N–H and O–H groups in total. The van der Waals surface area contributed by atoms with Crippen LogP contribution in [0.5, 0.6) is 5.75 Å². The molecule has 0 spiro atoms. The van der Waals surface area contributed by atoms with E-state index in [0.717, 1.165) is 23.4 Å². The van der Waals surface area contributed by atoms with Crippen LogP contribution in [0.25, 0.3) is 0 Å². The zero-order chi connectivity index (χ0) is 15.2. The van der Waals surface area contributed by atoms with Crippen LogP contribution in [0.4, 0.5) is 0 Å². The van der Waals surface area contributed by atoms with Gasteiger partial charge >= 0.3 is 0 Å². The van der Waals surface area contributed by atoms with E-state index in [1.807, 2.05) is 37.3 Å². The van der Waals surface area contributed by atoms with E-state index in [4.69, 9.17) is 27.9 Å². The molecule has 1 atom stereocenters. The van der Waals surface area contributed by atoms with Gasteiger partial charge in [0.05, 0.1) is 12.6 Å². The molecule has 0 aliphatic rings. The molecule has 0 saturated heterocycles. The Morgan fingerprint density at radius 3 is 2.62 bits per heavy atom. The summed E-state index contributed by atoms with van der Waals surface area (Å²) in [4.78, 5) is 0. The maximum Gasteiger partial charge on any atom is 0.119 e. The lowest BCUT2D eigenvalue weighted by Crippen LogP contribution is -2.22. The van der Waals surface area contributed by atoms with E-state index in [1.165, 1.54) is 0 Å². The number of halogens is 2. The van der Waals surface area contributed by atoms with Gasteiger partial charge in [0.25, 0.3) is 0 Å². The molecule has 112 valence electrons. The van der Waals surface area contributed by atoms with E-state index < -0.39 is 0 Å². The fourth-order valence-corrected chi connectivity index (χ4v) is 2.71. The first-order chi connectivity index (χ1) is 10.2. The first-order valence-electron chi connectivity index (χ1n) is 7.06. The third kappa shape index (κ3) is 4.13. The summed E-state index contributed by atoms with van der Waals surface area (Å²) in [5.74, 6) is 0.857. The molecule has 0 fully saturated rings. The van der Waals surface area contributed by atoms with Crippen LogP contribution in [0.1, 0.15) is 31.0 Å². The third-order valence-corrected chi connectivity index (χ3v) is 3.76. The third-order valence-electron chi connectivity index (χ3n) is 3.18. The number of nitrogens with one attached hydrogen (secondary N) is 1. The summed E-state index contributed by atoms with van der Waals surface area (Å²) in [5, 5.41) is 4.83. The molecule has 2 nitrogen and oxygen atoms in total. The topological polar surface area (TPSA) is 21.3 Å². The normalized spacial score (nSPS) is 12.2. The van der Waals surface area contributed by atoms with Gasteiger partial charge in [-0.3, -0.25) is 0 Å². The highest BCUT2D eigenvalue weighted by atomic mass is 35.5. The van der Waals surface area contributed by atoms with Crippen molar-refractivity contribution in [3.8, 4) is 5.75 Å². The van der Waals surface area contributed by atoms with Crippen LogP contribution in [0.2, 0.25) is 10.0 Å². The SMILES string of the molecule is CCNC(c1cccc(OCC)c1)c1cc(Cl)ccc1Cl. The van der Waals surface area contributed by atoms with Crippen LogP contribution in [-0.2, 0) is 0 Å². The molecule has 2 aromatic rings. The predicted molar refractivity (Wildman–Crippen MR) is 89.6 cm³/mol. The van der Waals surface area contributed by atoms with Gasteiger partial charge in [0.15, 0.2) is 0 Å². The van der Waals surface area contributed by atoms with E-state index in [9.17, 15) is 0 Å². The van der Waals surface area contributed by atoms with Gasteiger partial charge in [-0.05, 0) is 54.9 Å². The molecule has 21 heavy (non-hydrogen) atoms. The number of hydrogen-bond donors (Lipinski definition) is 1. The summed E-state index contributed by atoms with van der Waals surface area (Å²) < 4.78 is 5.58. The second-order valence-corrected chi connectivity index (χ2v) is 5.51. The fraction of sp³-hybridized carbons (Fsp3) is 0.294. The lowest BCUT2D eigenvalue weighted by atomic mass is 9.98. The van der Waals surface area contributed by atoms with E-state index in [1.54, 1.807) is 6.07 Å². The van der Waals surface area contributed by atoms with Crippen molar-refractivity contribution in [2.24, 2.45) is 0 Å². The van der Waals surface area contributed by atoms with Gasteiger partial charge in [0, 0.05) is 10.0 Å². The molecule has 1 unspecified atom stereocenters. The Kier molecular flexibility index (Phi) is 5.92. The molecule has 0 radical (unpaired) electrons. The molecule has 0 aliphatic heterocycles. The Hall–Kier alpha value is -1.22. The monoisotopic (exact) mass is 323 g/mol. The molecule has 4 heteroatoms. The van der Waals surface area contributed by atoms with Gasteiger partial charge < -0.3 is 10.1 Å². The summed E-state index contributed by atoms with van der Waals surface area (Å²) in [6.07, 6.45) is 0. The van der Waals surface area contributed by atoms with Crippen molar-refractivity contribution in [1.29, 1.82) is 0 Å². The van der Waals surface area contributed by atoms with Crippen molar-refractivity contribution < 1.29 is 4.74 Å². The molecule has 0 heterocycles. The zero-order valence-corrected chi connectivity index (χ0v) is 13.7. The van der Waals surface area contributed by atoms with Gasteiger partial charge in [-0.25, -0.2) is 0 Å². The Morgan fingerprint density at radius 1 is 1.10 bits per heavy atom. The smallest absolute Gasteiger partial charge is 0.119 e. The van der Waals surface area contributed by atoms with Crippen LogP contribution >= 0.6 is 23.2 Å². The average Bonchev–Trinajstić information content (AvgIpc) is 2.48. The van der Waals surface area contributed by atoms with Crippen LogP contribution in [0.15, 0.2) is 42.5 Å². The van der Waals surface area contributed by atoms with Crippen molar-refractivity contribution in [1.82, 2.24) is 5.32 Å². The lowest BCUT2D eigenvalue weighted by molar-refractivity contribution is 0.339. The quantitative estimate of drug-likeness (QED) is 0.799.